The number of hydrogen-bond donors (Lipinski definition) is 1. The molecule has 0 unspecified atom stereocenters. The van der Waals surface area contributed by atoms with Crippen LogP contribution in [0.1, 0.15) is 10.5 Å². The molecule has 0 aliphatic carbocycles. The van der Waals surface area contributed by atoms with Crippen LogP contribution in [0.5, 0.6) is 5.88 Å². The molecule has 1 aromatic carbocycles. The Bertz CT molecular complexity index is 869. The third-order valence-corrected chi connectivity index (χ3v) is 3.48. The van der Waals surface area contributed by atoms with Gasteiger partial charge in [0, 0.05) is 37.5 Å². The fourth-order valence-electron chi connectivity index (χ4n) is 2.24. The van der Waals surface area contributed by atoms with E-state index in [1.807, 2.05) is 43.3 Å². The van der Waals surface area contributed by atoms with Gasteiger partial charge in [-0.2, -0.15) is 9.61 Å². The Labute approximate surface area is 132 Å². The van der Waals surface area contributed by atoms with Gasteiger partial charge >= 0.3 is 5.97 Å². The van der Waals surface area contributed by atoms with E-state index in [0.717, 1.165) is 11.3 Å². The summed E-state index contributed by atoms with van der Waals surface area (Å²) in [6.07, 6.45) is 0. The summed E-state index contributed by atoms with van der Waals surface area (Å²) in [5, 5.41) is 14.3. The molecule has 0 atom stereocenters. The first-order valence-electron chi connectivity index (χ1n) is 6.95. The van der Waals surface area contributed by atoms with E-state index < -0.39 is 5.97 Å². The van der Waals surface area contributed by atoms with Gasteiger partial charge in [-0.3, -0.25) is 0 Å². The molecule has 3 aromatic rings. The first kappa shape index (κ1) is 14.8. The second kappa shape index (κ2) is 5.60. The Morgan fingerprint density at radius 3 is 2.52 bits per heavy atom. The van der Waals surface area contributed by atoms with Crippen LogP contribution in [-0.4, -0.2) is 46.9 Å². The third kappa shape index (κ3) is 2.68. The molecule has 0 amide bonds. The van der Waals surface area contributed by atoms with E-state index in [1.54, 1.807) is 6.07 Å². The average molecular weight is 312 g/mol. The molecule has 0 saturated carbocycles. The molecule has 0 bridgehead atoms. The number of carbonyl (C=O) groups excluding carboxylic acids is 1. The Hall–Kier alpha value is -3.09. The van der Waals surface area contributed by atoms with Crippen LogP contribution in [-0.2, 0) is 4.74 Å². The second-order valence-electron chi connectivity index (χ2n) is 5.23. The predicted molar refractivity (Wildman–Crippen MR) is 85.8 cm³/mol. The van der Waals surface area contributed by atoms with Gasteiger partial charge in [0.2, 0.25) is 5.88 Å². The zero-order valence-electron chi connectivity index (χ0n) is 13.0. The first-order chi connectivity index (χ1) is 11.0. The summed E-state index contributed by atoms with van der Waals surface area (Å²) in [4.78, 5) is 17.7. The highest BCUT2D eigenvalue weighted by molar-refractivity contribution is 5.88. The number of aromatic hydroxyl groups is 1. The van der Waals surface area contributed by atoms with Crippen molar-refractivity contribution in [3.63, 3.8) is 0 Å². The number of rotatable bonds is 3. The van der Waals surface area contributed by atoms with Gasteiger partial charge in [0.05, 0.1) is 12.8 Å². The van der Waals surface area contributed by atoms with Crippen molar-refractivity contribution < 1.29 is 14.6 Å². The van der Waals surface area contributed by atoms with Gasteiger partial charge in [-0.15, -0.1) is 0 Å². The van der Waals surface area contributed by atoms with Gasteiger partial charge in [0.25, 0.3) is 0 Å². The maximum absolute atomic E-state index is 11.6. The van der Waals surface area contributed by atoms with Gasteiger partial charge in [0.1, 0.15) is 0 Å². The summed E-state index contributed by atoms with van der Waals surface area (Å²) in [5.41, 5.74) is 3.02. The molecule has 0 aliphatic rings. The zero-order chi connectivity index (χ0) is 16.6. The fraction of sp³-hybridized carbons (Fsp3) is 0.188. The minimum atomic E-state index is -0.610. The molecule has 0 aliphatic heterocycles. The van der Waals surface area contributed by atoms with Gasteiger partial charge in [-0.05, 0) is 12.1 Å². The van der Waals surface area contributed by atoms with Crippen molar-refractivity contribution in [1.29, 1.82) is 0 Å². The number of hydrogen-bond acceptors (Lipinski definition) is 6. The number of aromatic nitrogens is 3. The smallest absolute Gasteiger partial charge is 0.356 e. The minimum absolute atomic E-state index is 0.0342. The maximum atomic E-state index is 11.6. The highest BCUT2D eigenvalue weighted by Crippen LogP contribution is 2.24. The van der Waals surface area contributed by atoms with Crippen LogP contribution in [0.4, 0.5) is 5.69 Å². The van der Waals surface area contributed by atoms with Crippen molar-refractivity contribution in [2.75, 3.05) is 26.1 Å². The third-order valence-electron chi connectivity index (χ3n) is 3.48. The van der Waals surface area contributed by atoms with Crippen molar-refractivity contribution in [1.82, 2.24) is 14.6 Å². The summed E-state index contributed by atoms with van der Waals surface area (Å²) in [5.74, 6) is -0.785. The minimum Gasteiger partial charge on any atom is -0.493 e. The predicted octanol–water partition coefficient (Wildman–Crippen LogP) is 1.95. The van der Waals surface area contributed by atoms with E-state index in [1.165, 1.54) is 17.7 Å². The number of anilines is 1. The van der Waals surface area contributed by atoms with E-state index in [0.29, 0.717) is 11.3 Å². The van der Waals surface area contributed by atoms with E-state index in [9.17, 15) is 9.90 Å². The summed E-state index contributed by atoms with van der Waals surface area (Å²) in [6, 6.07) is 10.8. The monoisotopic (exact) mass is 312 g/mol. The number of fused-ring (bicyclic) bond motifs is 1. The Balaban J connectivity index is 2.05. The fourth-order valence-corrected chi connectivity index (χ4v) is 2.24. The largest absolute Gasteiger partial charge is 0.493 e. The van der Waals surface area contributed by atoms with Crippen molar-refractivity contribution in [2.24, 2.45) is 0 Å². The molecule has 0 fully saturated rings. The van der Waals surface area contributed by atoms with Crippen LogP contribution in [0.25, 0.3) is 16.9 Å². The van der Waals surface area contributed by atoms with Crippen LogP contribution in [0, 0.1) is 0 Å². The molecule has 0 spiro atoms. The number of benzene rings is 1. The van der Waals surface area contributed by atoms with E-state index >= 15 is 0 Å². The zero-order valence-corrected chi connectivity index (χ0v) is 13.0. The maximum Gasteiger partial charge on any atom is 0.356 e. The molecule has 2 heterocycles. The lowest BCUT2D eigenvalue weighted by Gasteiger charge is -2.11. The molecule has 118 valence electrons. The number of nitrogens with zero attached hydrogens (tertiary/aromatic N) is 4. The lowest BCUT2D eigenvalue weighted by molar-refractivity contribution is 0.0593. The van der Waals surface area contributed by atoms with Crippen molar-refractivity contribution in [3.05, 3.63) is 42.1 Å². The van der Waals surface area contributed by atoms with E-state index in [-0.39, 0.29) is 11.6 Å². The molecule has 1 N–H and O–H groups in total. The number of methoxy groups -OCH3 is 1. The standard InChI is InChI=1S/C16H16N4O3/c1-19(2)11-6-4-10(5-7-11)12-8-14-17-13(16(22)23-3)9-15(21)20(14)18-12/h4-9,21H,1-3H3. The molecular weight excluding hydrogens is 296 g/mol. The SMILES string of the molecule is COC(=O)c1cc(O)n2nc(-c3ccc(N(C)C)cc3)cc2n1. The molecular formula is C16H16N4O3. The summed E-state index contributed by atoms with van der Waals surface area (Å²) in [6.45, 7) is 0. The van der Waals surface area contributed by atoms with E-state index in [2.05, 4.69) is 14.8 Å². The van der Waals surface area contributed by atoms with E-state index in [4.69, 9.17) is 0 Å². The number of ether oxygens (including phenoxy) is 1. The van der Waals surface area contributed by atoms with Gasteiger partial charge in [-0.25, -0.2) is 9.78 Å². The molecule has 2 aromatic heterocycles. The highest BCUT2D eigenvalue weighted by Gasteiger charge is 2.14. The molecule has 23 heavy (non-hydrogen) atoms. The second-order valence-corrected chi connectivity index (χ2v) is 5.23. The molecule has 3 rings (SSSR count). The number of esters is 1. The summed E-state index contributed by atoms with van der Waals surface area (Å²) < 4.78 is 5.90. The van der Waals surface area contributed by atoms with Crippen LogP contribution >= 0.6 is 0 Å². The Morgan fingerprint density at radius 2 is 1.91 bits per heavy atom. The summed E-state index contributed by atoms with van der Waals surface area (Å²) in [7, 11) is 5.20. The van der Waals surface area contributed by atoms with Crippen LogP contribution in [0.3, 0.4) is 0 Å². The lowest BCUT2D eigenvalue weighted by Crippen LogP contribution is -2.07. The van der Waals surface area contributed by atoms with Crippen LogP contribution in [0.15, 0.2) is 36.4 Å². The van der Waals surface area contributed by atoms with Crippen molar-refractivity contribution in [2.45, 2.75) is 0 Å². The highest BCUT2D eigenvalue weighted by atomic mass is 16.5. The molecule has 0 saturated heterocycles. The Kier molecular flexibility index (Phi) is 3.61. The van der Waals surface area contributed by atoms with Gasteiger partial charge in [0.15, 0.2) is 11.3 Å². The van der Waals surface area contributed by atoms with Crippen LogP contribution in [0.2, 0.25) is 0 Å². The van der Waals surface area contributed by atoms with Gasteiger partial charge < -0.3 is 14.7 Å². The quantitative estimate of drug-likeness (QED) is 0.745. The number of carbonyl (C=O) groups is 1. The van der Waals surface area contributed by atoms with Gasteiger partial charge in [-0.1, -0.05) is 12.1 Å². The topological polar surface area (TPSA) is 80.0 Å². The lowest BCUT2D eigenvalue weighted by atomic mass is 10.1. The normalized spacial score (nSPS) is 10.7. The molecule has 7 nitrogen and oxygen atoms in total. The summed E-state index contributed by atoms with van der Waals surface area (Å²) >= 11 is 0. The average Bonchev–Trinajstić information content (AvgIpc) is 2.98. The van der Waals surface area contributed by atoms with Crippen molar-refractivity contribution >= 4 is 17.3 Å². The molecule has 0 radical (unpaired) electrons. The first-order valence-corrected chi connectivity index (χ1v) is 6.95. The van der Waals surface area contributed by atoms with Crippen molar-refractivity contribution in [3.8, 4) is 17.1 Å². The Morgan fingerprint density at radius 1 is 1.22 bits per heavy atom. The molecule has 7 heteroatoms. The van der Waals surface area contributed by atoms with Crippen LogP contribution < -0.4 is 4.90 Å².